The van der Waals surface area contributed by atoms with Gasteiger partial charge in [0.05, 0.1) is 19.3 Å². The third-order valence-corrected chi connectivity index (χ3v) is 10.1. The number of amides is 2. The van der Waals surface area contributed by atoms with Crippen molar-refractivity contribution in [2.75, 3.05) is 0 Å². The highest BCUT2D eigenvalue weighted by Crippen LogP contribution is 2.51. The number of nitrogens with zero attached hydrogens (tertiary/aromatic N) is 1. The van der Waals surface area contributed by atoms with Gasteiger partial charge < -0.3 is 15.2 Å². The molecule has 48 heavy (non-hydrogen) atoms. The summed E-state index contributed by atoms with van der Waals surface area (Å²) in [5.74, 6) is -0.312. The number of phosphoric acid groups is 1. The molecule has 9 nitrogen and oxygen atoms in total. The van der Waals surface area contributed by atoms with Crippen LogP contribution in [0, 0.1) is 0 Å². The lowest BCUT2D eigenvalue weighted by atomic mass is 10.0. The lowest BCUT2D eigenvalue weighted by molar-refractivity contribution is -0.128. The minimum absolute atomic E-state index is 0.0402. The molecule has 0 spiro atoms. The first-order valence-corrected chi connectivity index (χ1v) is 18.8. The summed E-state index contributed by atoms with van der Waals surface area (Å²) in [6.07, 6.45) is 8.58. The van der Waals surface area contributed by atoms with Crippen LogP contribution in [-0.4, -0.2) is 22.8 Å². The van der Waals surface area contributed by atoms with Crippen molar-refractivity contribution in [1.82, 2.24) is 15.6 Å². The molecule has 11 heteroatoms. The standard InChI is InChI=1S/C37H46N3O6PS/c1-4-6-7-14-19-33-25-38-37(48-33)34(5-2)40-36(42)35(39-28(3)41)24-29-20-22-32(23-21-29)46-47(43,44-26-30-15-10-8-11-16-30)45-27-31-17-12-9-13-18-31/h8-13,15-18,20-23,25,34-35H,4-7,14,19,24,26-27H2,1-3H3,(H,39,41)(H,40,42)/t34-,35-/m0/s1. The maximum Gasteiger partial charge on any atom is 0.530 e. The molecule has 4 aromatic rings. The molecule has 1 aromatic heterocycles. The van der Waals surface area contributed by atoms with Gasteiger partial charge in [0.25, 0.3) is 0 Å². The minimum Gasteiger partial charge on any atom is -0.404 e. The zero-order valence-corrected chi connectivity index (χ0v) is 29.6. The van der Waals surface area contributed by atoms with Crippen LogP contribution in [0.3, 0.4) is 0 Å². The number of phosphoric ester groups is 1. The topological polar surface area (TPSA) is 116 Å². The zero-order valence-electron chi connectivity index (χ0n) is 27.9. The van der Waals surface area contributed by atoms with Crippen LogP contribution in [0.5, 0.6) is 5.75 Å². The van der Waals surface area contributed by atoms with Crippen molar-refractivity contribution < 1.29 is 27.7 Å². The summed E-state index contributed by atoms with van der Waals surface area (Å²) >= 11 is 1.63. The largest absolute Gasteiger partial charge is 0.530 e. The fourth-order valence-corrected chi connectivity index (χ4v) is 7.26. The van der Waals surface area contributed by atoms with Crippen LogP contribution in [0.15, 0.2) is 91.1 Å². The van der Waals surface area contributed by atoms with Crippen molar-refractivity contribution in [3.05, 3.63) is 118 Å². The normalized spacial score (nSPS) is 12.6. The van der Waals surface area contributed by atoms with Crippen LogP contribution in [0.25, 0.3) is 0 Å². The van der Waals surface area contributed by atoms with Crippen LogP contribution < -0.4 is 15.2 Å². The molecule has 0 aliphatic rings. The van der Waals surface area contributed by atoms with E-state index < -0.39 is 13.9 Å². The number of hydrogen-bond acceptors (Lipinski definition) is 8. The molecule has 2 atom stereocenters. The summed E-state index contributed by atoms with van der Waals surface area (Å²) in [5, 5.41) is 6.75. The molecule has 2 amide bonds. The number of benzene rings is 3. The molecule has 0 fully saturated rings. The molecule has 0 unspecified atom stereocenters. The Hall–Kier alpha value is -3.82. The summed E-state index contributed by atoms with van der Waals surface area (Å²) in [5.41, 5.74) is 2.42. The molecule has 2 N–H and O–H groups in total. The van der Waals surface area contributed by atoms with E-state index in [1.807, 2.05) is 73.8 Å². The molecule has 0 aliphatic carbocycles. The molecular weight excluding hydrogens is 645 g/mol. The number of aryl methyl sites for hydroxylation is 1. The number of carbonyl (C=O) groups is 2. The number of nitrogens with one attached hydrogen (secondary N) is 2. The van der Waals surface area contributed by atoms with E-state index in [2.05, 4.69) is 22.5 Å². The highest BCUT2D eigenvalue weighted by atomic mass is 32.1. The van der Waals surface area contributed by atoms with Crippen LogP contribution in [0.2, 0.25) is 0 Å². The first-order valence-electron chi connectivity index (χ1n) is 16.5. The van der Waals surface area contributed by atoms with Gasteiger partial charge in [0.2, 0.25) is 11.8 Å². The fourth-order valence-electron chi connectivity index (χ4n) is 4.99. The second-order valence-corrected chi connectivity index (χ2v) is 14.3. The van der Waals surface area contributed by atoms with E-state index >= 15 is 0 Å². The van der Waals surface area contributed by atoms with Crippen molar-refractivity contribution >= 4 is 31.0 Å². The van der Waals surface area contributed by atoms with Crippen molar-refractivity contribution in [3.8, 4) is 5.75 Å². The van der Waals surface area contributed by atoms with E-state index in [0.717, 1.165) is 34.5 Å². The summed E-state index contributed by atoms with van der Waals surface area (Å²) in [4.78, 5) is 31.4. The Balaban J connectivity index is 1.40. The van der Waals surface area contributed by atoms with Crippen molar-refractivity contribution in [2.24, 2.45) is 0 Å². The van der Waals surface area contributed by atoms with Crippen LogP contribution in [0.1, 0.15) is 85.5 Å². The molecule has 0 aliphatic heterocycles. The average Bonchev–Trinajstić information content (AvgIpc) is 3.57. The van der Waals surface area contributed by atoms with Gasteiger partial charge in [-0.05, 0) is 48.1 Å². The summed E-state index contributed by atoms with van der Waals surface area (Å²) in [6, 6.07) is 24.5. The highest BCUT2D eigenvalue weighted by Gasteiger charge is 2.30. The number of unbranched alkanes of at least 4 members (excludes halogenated alkanes) is 3. The number of thiazole rings is 1. The summed E-state index contributed by atoms with van der Waals surface area (Å²) in [6.45, 7) is 5.68. The van der Waals surface area contributed by atoms with E-state index in [9.17, 15) is 14.2 Å². The van der Waals surface area contributed by atoms with Gasteiger partial charge in [0.15, 0.2) is 0 Å². The number of carbonyl (C=O) groups excluding carboxylic acids is 2. The van der Waals surface area contributed by atoms with Gasteiger partial charge in [-0.1, -0.05) is 106 Å². The highest BCUT2D eigenvalue weighted by molar-refractivity contribution is 7.48. The Labute approximate surface area is 288 Å². The molecular formula is C37H46N3O6PS. The summed E-state index contributed by atoms with van der Waals surface area (Å²) < 4.78 is 31.1. The average molecular weight is 692 g/mol. The van der Waals surface area contributed by atoms with Gasteiger partial charge >= 0.3 is 7.82 Å². The van der Waals surface area contributed by atoms with Crippen molar-refractivity contribution in [1.29, 1.82) is 0 Å². The molecule has 4 rings (SSSR count). The first kappa shape index (κ1) is 37.0. The Kier molecular flexibility index (Phi) is 14.8. The summed E-state index contributed by atoms with van der Waals surface area (Å²) in [7, 11) is -4.03. The molecule has 0 saturated carbocycles. The maximum atomic E-state index is 13.8. The smallest absolute Gasteiger partial charge is 0.404 e. The number of hydrogen-bond donors (Lipinski definition) is 2. The lowest BCUT2D eigenvalue weighted by Gasteiger charge is -2.22. The maximum absolute atomic E-state index is 13.8. The van der Waals surface area contributed by atoms with Gasteiger partial charge in [0, 0.05) is 24.4 Å². The molecule has 256 valence electrons. The number of aromatic nitrogens is 1. The molecule has 1 heterocycles. The van der Waals surface area contributed by atoms with Crippen LogP contribution in [0.4, 0.5) is 0 Å². The molecule has 0 radical (unpaired) electrons. The molecule has 3 aromatic carbocycles. The van der Waals surface area contributed by atoms with Gasteiger partial charge in [0.1, 0.15) is 16.8 Å². The van der Waals surface area contributed by atoms with Gasteiger partial charge in [-0.2, -0.15) is 0 Å². The fraction of sp³-hybridized carbons (Fsp3) is 0.378. The van der Waals surface area contributed by atoms with Gasteiger partial charge in [-0.15, -0.1) is 11.3 Å². The lowest BCUT2D eigenvalue weighted by Crippen LogP contribution is -2.48. The third-order valence-electron chi connectivity index (χ3n) is 7.61. The number of rotatable bonds is 20. The van der Waals surface area contributed by atoms with Crippen molar-refractivity contribution in [3.63, 3.8) is 0 Å². The Morgan fingerprint density at radius 3 is 2.00 bits per heavy atom. The predicted molar refractivity (Wildman–Crippen MR) is 190 cm³/mol. The van der Waals surface area contributed by atoms with Crippen LogP contribution in [-0.2, 0) is 49.3 Å². The van der Waals surface area contributed by atoms with E-state index in [4.69, 9.17) is 13.6 Å². The quantitative estimate of drug-likeness (QED) is 0.0705. The Bertz CT molecular complexity index is 1550. The Morgan fingerprint density at radius 1 is 0.812 bits per heavy atom. The zero-order chi connectivity index (χ0) is 34.2. The molecule has 0 bridgehead atoms. The van der Waals surface area contributed by atoms with E-state index in [0.29, 0.717) is 6.42 Å². The first-order chi connectivity index (χ1) is 23.3. The second kappa shape index (κ2) is 19.2. The van der Waals surface area contributed by atoms with Gasteiger partial charge in [-0.3, -0.25) is 18.6 Å². The third kappa shape index (κ3) is 12.3. The predicted octanol–water partition coefficient (Wildman–Crippen LogP) is 8.50. The SMILES string of the molecule is CCCCCCc1cnc([C@H](CC)NC(=O)[C@H](Cc2ccc(OP(=O)(OCc3ccccc3)OCc3ccccc3)cc2)NC(C)=O)s1. The van der Waals surface area contributed by atoms with Crippen LogP contribution >= 0.6 is 19.2 Å². The van der Waals surface area contributed by atoms with E-state index in [1.54, 1.807) is 35.6 Å². The van der Waals surface area contributed by atoms with Crippen molar-refractivity contribution in [2.45, 2.75) is 91.0 Å². The Morgan fingerprint density at radius 2 is 1.44 bits per heavy atom. The molecule has 0 saturated heterocycles. The van der Waals surface area contributed by atoms with Gasteiger partial charge in [-0.25, -0.2) is 9.55 Å². The monoisotopic (exact) mass is 691 g/mol. The van der Waals surface area contributed by atoms with E-state index in [-0.39, 0.29) is 43.2 Å². The van der Waals surface area contributed by atoms with E-state index in [1.165, 1.54) is 31.1 Å². The minimum atomic E-state index is -4.03. The second-order valence-electron chi connectivity index (χ2n) is 11.6.